The highest BCUT2D eigenvalue weighted by Crippen LogP contribution is 2.21. The van der Waals surface area contributed by atoms with E-state index in [1.54, 1.807) is 0 Å². The molecule has 0 unspecified atom stereocenters. The third-order valence-electron chi connectivity index (χ3n) is 2.72. The Kier molecular flexibility index (Phi) is 2.35. The van der Waals surface area contributed by atoms with Gasteiger partial charge in [0.05, 0.1) is 25.4 Å². The first kappa shape index (κ1) is 8.48. The van der Waals surface area contributed by atoms with Gasteiger partial charge in [-0.3, -0.25) is 4.90 Å². The average molecular weight is 171 g/mol. The molecule has 2 aliphatic rings. The van der Waals surface area contributed by atoms with Crippen LogP contribution >= 0.6 is 0 Å². The normalized spacial score (nSPS) is 37.2. The van der Waals surface area contributed by atoms with Crippen LogP contribution in [0.5, 0.6) is 0 Å². The maximum atomic E-state index is 5.62. The lowest BCUT2D eigenvalue weighted by Gasteiger charge is -2.24. The number of ether oxygens (including phenoxy) is 2. The van der Waals surface area contributed by atoms with Gasteiger partial charge < -0.3 is 9.47 Å². The van der Waals surface area contributed by atoms with Crippen LogP contribution in [0.2, 0.25) is 0 Å². The standard InChI is InChI=1S/C9H17NO2/c1-7(2)10-5-8-9(6-10)12-4-3-11-8/h7-9H,3-6H2,1-2H3/t8-,9-/m0/s1. The fourth-order valence-corrected chi connectivity index (χ4v) is 1.91. The maximum absolute atomic E-state index is 5.62. The number of fused-ring (bicyclic) bond motifs is 1. The predicted octanol–water partition coefficient (Wildman–Crippen LogP) is 0.494. The van der Waals surface area contributed by atoms with Crippen molar-refractivity contribution in [3.63, 3.8) is 0 Å². The second-order valence-corrected chi connectivity index (χ2v) is 3.87. The van der Waals surface area contributed by atoms with E-state index in [0.717, 1.165) is 26.3 Å². The van der Waals surface area contributed by atoms with Gasteiger partial charge in [0.25, 0.3) is 0 Å². The molecule has 0 bridgehead atoms. The van der Waals surface area contributed by atoms with E-state index in [1.165, 1.54) is 0 Å². The van der Waals surface area contributed by atoms with Crippen molar-refractivity contribution in [2.75, 3.05) is 26.3 Å². The van der Waals surface area contributed by atoms with E-state index in [-0.39, 0.29) is 0 Å². The van der Waals surface area contributed by atoms with Gasteiger partial charge in [0.1, 0.15) is 0 Å². The summed E-state index contributed by atoms with van der Waals surface area (Å²) in [7, 11) is 0. The topological polar surface area (TPSA) is 21.7 Å². The molecular formula is C9H17NO2. The fraction of sp³-hybridized carbons (Fsp3) is 1.00. The highest BCUT2D eigenvalue weighted by atomic mass is 16.6. The van der Waals surface area contributed by atoms with Crippen LogP contribution in [-0.2, 0) is 9.47 Å². The molecule has 2 saturated heterocycles. The first-order chi connectivity index (χ1) is 5.77. The van der Waals surface area contributed by atoms with Gasteiger partial charge in [-0.2, -0.15) is 0 Å². The van der Waals surface area contributed by atoms with Crippen molar-refractivity contribution >= 4 is 0 Å². The lowest BCUT2D eigenvalue weighted by atomic mass is 10.2. The van der Waals surface area contributed by atoms with E-state index in [9.17, 15) is 0 Å². The van der Waals surface area contributed by atoms with E-state index in [2.05, 4.69) is 18.7 Å². The summed E-state index contributed by atoms with van der Waals surface area (Å²) < 4.78 is 11.2. The zero-order valence-electron chi connectivity index (χ0n) is 7.82. The molecule has 2 aliphatic heterocycles. The van der Waals surface area contributed by atoms with Crippen molar-refractivity contribution in [3.05, 3.63) is 0 Å². The molecule has 0 aromatic carbocycles. The Morgan fingerprint density at radius 2 is 1.58 bits per heavy atom. The van der Waals surface area contributed by atoms with Gasteiger partial charge in [0.2, 0.25) is 0 Å². The van der Waals surface area contributed by atoms with Crippen LogP contribution in [0, 0.1) is 0 Å². The second-order valence-electron chi connectivity index (χ2n) is 3.87. The molecule has 3 nitrogen and oxygen atoms in total. The van der Waals surface area contributed by atoms with Gasteiger partial charge >= 0.3 is 0 Å². The van der Waals surface area contributed by atoms with Gasteiger partial charge in [0, 0.05) is 19.1 Å². The SMILES string of the molecule is CC(C)N1C[C@@H]2OCCO[C@H]2C1. The molecule has 0 aromatic rings. The summed E-state index contributed by atoms with van der Waals surface area (Å²) in [6.07, 6.45) is 0.669. The monoisotopic (exact) mass is 171 g/mol. The van der Waals surface area contributed by atoms with Crippen molar-refractivity contribution in [1.29, 1.82) is 0 Å². The van der Waals surface area contributed by atoms with E-state index < -0.39 is 0 Å². The minimum absolute atomic E-state index is 0.334. The molecule has 2 rings (SSSR count). The molecule has 70 valence electrons. The number of hydrogen-bond acceptors (Lipinski definition) is 3. The van der Waals surface area contributed by atoms with Gasteiger partial charge in [0.15, 0.2) is 0 Å². The molecule has 0 aliphatic carbocycles. The van der Waals surface area contributed by atoms with Crippen LogP contribution in [0.4, 0.5) is 0 Å². The summed E-state index contributed by atoms with van der Waals surface area (Å²) in [6, 6.07) is 0.614. The number of hydrogen-bond donors (Lipinski definition) is 0. The van der Waals surface area contributed by atoms with Crippen LogP contribution in [0.1, 0.15) is 13.8 Å². The van der Waals surface area contributed by atoms with Gasteiger partial charge in [-0.15, -0.1) is 0 Å². The molecule has 0 spiro atoms. The molecule has 0 saturated carbocycles. The molecule has 0 aromatic heterocycles. The Labute approximate surface area is 73.6 Å². The number of nitrogens with zero attached hydrogens (tertiary/aromatic N) is 1. The van der Waals surface area contributed by atoms with Crippen molar-refractivity contribution in [2.24, 2.45) is 0 Å². The first-order valence-corrected chi connectivity index (χ1v) is 4.74. The zero-order valence-corrected chi connectivity index (χ0v) is 7.82. The smallest absolute Gasteiger partial charge is 0.0977 e. The molecule has 3 heteroatoms. The van der Waals surface area contributed by atoms with E-state index in [0.29, 0.717) is 18.2 Å². The quantitative estimate of drug-likeness (QED) is 0.573. The summed E-state index contributed by atoms with van der Waals surface area (Å²) in [5.41, 5.74) is 0. The highest BCUT2D eigenvalue weighted by Gasteiger charge is 2.37. The Morgan fingerprint density at radius 3 is 2.00 bits per heavy atom. The first-order valence-electron chi connectivity index (χ1n) is 4.74. The fourth-order valence-electron chi connectivity index (χ4n) is 1.91. The molecule has 0 amide bonds. The van der Waals surface area contributed by atoms with Crippen LogP contribution in [0.25, 0.3) is 0 Å². The average Bonchev–Trinajstić information content (AvgIpc) is 2.46. The molecule has 2 fully saturated rings. The third kappa shape index (κ3) is 1.49. The summed E-state index contributed by atoms with van der Waals surface area (Å²) in [5, 5.41) is 0. The molecular weight excluding hydrogens is 154 g/mol. The highest BCUT2D eigenvalue weighted by molar-refractivity contribution is 4.88. The summed E-state index contributed by atoms with van der Waals surface area (Å²) >= 11 is 0. The van der Waals surface area contributed by atoms with Crippen molar-refractivity contribution in [3.8, 4) is 0 Å². The van der Waals surface area contributed by atoms with Crippen LogP contribution < -0.4 is 0 Å². The lowest BCUT2D eigenvalue weighted by molar-refractivity contribution is -0.116. The summed E-state index contributed by atoms with van der Waals surface area (Å²) in [6.45, 7) is 8.07. The van der Waals surface area contributed by atoms with Gasteiger partial charge in [-0.05, 0) is 13.8 Å². The Hall–Kier alpha value is -0.120. The van der Waals surface area contributed by atoms with E-state index in [1.807, 2.05) is 0 Å². The van der Waals surface area contributed by atoms with Crippen molar-refractivity contribution < 1.29 is 9.47 Å². The molecule has 2 atom stereocenters. The Bertz CT molecular complexity index is 147. The molecule has 0 radical (unpaired) electrons. The van der Waals surface area contributed by atoms with Gasteiger partial charge in [-0.1, -0.05) is 0 Å². The second kappa shape index (κ2) is 3.32. The molecule has 12 heavy (non-hydrogen) atoms. The molecule has 0 N–H and O–H groups in total. The van der Waals surface area contributed by atoms with E-state index >= 15 is 0 Å². The minimum Gasteiger partial charge on any atom is -0.372 e. The predicted molar refractivity (Wildman–Crippen MR) is 46.2 cm³/mol. The van der Waals surface area contributed by atoms with Crippen LogP contribution in [0.15, 0.2) is 0 Å². The van der Waals surface area contributed by atoms with E-state index in [4.69, 9.17) is 9.47 Å². The summed E-state index contributed by atoms with van der Waals surface area (Å²) in [4.78, 5) is 2.42. The molecule has 2 heterocycles. The lowest BCUT2D eigenvalue weighted by Crippen LogP contribution is -2.36. The van der Waals surface area contributed by atoms with Crippen LogP contribution in [0.3, 0.4) is 0 Å². The zero-order chi connectivity index (χ0) is 8.55. The van der Waals surface area contributed by atoms with Crippen molar-refractivity contribution in [1.82, 2.24) is 4.90 Å². The third-order valence-corrected chi connectivity index (χ3v) is 2.72. The summed E-state index contributed by atoms with van der Waals surface area (Å²) in [5.74, 6) is 0. The Balaban J connectivity index is 1.94. The number of likely N-dealkylation sites (tertiary alicyclic amines) is 1. The van der Waals surface area contributed by atoms with Crippen molar-refractivity contribution in [2.45, 2.75) is 32.1 Å². The largest absolute Gasteiger partial charge is 0.372 e. The minimum atomic E-state index is 0.334. The number of rotatable bonds is 1. The van der Waals surface area contributed by atoms with Gasteiger partial charge in [-0.25, -0.2) is 0 Å². The maximum Gasteiger partial charge on any atom is 0.0977 e. The Morgan fingerprint density at radius 1 is 1.08 bits per heavy atom. The van der Waals surface area contributed by atoms with Crippen LogP contribution in [-0.4, -0.2) is 49.5 Å².